The number of H-pyrrole nitrogens is 1. The molecule has 10 nitrogen and oxygen atoms in total. The Labute approximate surface area is 308 Å². The number of benzene rings is 2. The van der Waals surface area contributed by atoms with Crippen molar-refractivity contribution in [2.75, 3.05) is 13.1 Å². The molecule has 0 unspecified atom stereocenters. The number of carbonyl (C=O) groups is 2. The fourth-order valence-corrected chi connectivity index (χ4v) is 7.45. The summed E-state index contributed by atoms with van der Waals surface area (Å²) in [6, 6.07) is 21.9. The summed E-state index contributed by atoms with van der Waals surface area (Å²) in [5, 5.41) is 6.71. The summed E-state index contributed by atoms with van der Waals surface area (Å²) in [7, 11) is 0. The van der Waals surface area contributed by atoms with Gasteiger partial charge in [0.05, 0.1) is 29.2 Å². The Morgan fingerprint density at radius 2 is 1.55 bits per heavy atom. The van der Waals surface area contributed by atoms with Gasteiger partial charge in [-0.05, 0) is 111 Å². The predicted octanol–water partition coefficient (Wildman–Crippen LogP) is 7.50. The Balaban J connectivity index is 1.02. The highest BCUT2D eigenvalue weighted by atomic mass is 19.1. The summed E-state index contributed by atoms with van der Waals surface area (Å²) in [4.78, 5) is 50.3. The predicted molar refractivity (Wildman–Crippen MR) is 203 cm³/mol. The number of carbonyl (C=O) groups excluding carboxylic acids is 2. The molecule has 1 saturated heterocycles. The van der Waals surface area contributed by atoms with E-state index in [1.807, 2.05) is 49.6 Å². The Morgan fingerprint density at radius 1 is 0.811 bits per heavy atom. The van der Waals surface area contributed by atoms with Crippen molar-refractivity contribution < 1.29 is 14.0 Å². The first-order valence-corrected chi connectivity index (χ1v) is 18.1. The number of likely N-dealkylation sites (tertiary alicyclic amines) is 1. The zero-order chi connectivity index (χ0) is 36.9. The number of aromatic nitrogens is 5. The van der Waals surface area contributed by atoms with Gasteiger partial charge in [0, 0.05) is 48.5 Å². The van der Waals surface area contributed by atoms with E-state index in [0.29, 0.717) is 30.1 Å². The Bertz CT molecular complexity index is 2220. The molecule has 2 atom stereocenters. The molecule has 4 aromatic heterocycles. The van der Waals surface area contributed by atoms with Crippen LogP contribution in [-0.2, 0) is 6.54 Å². The SMILES string of the molecule is Cc1cc(-c2ncnc3[nH]c(C(=O)NCCCN4[C@@H](c5ncccc5C)CCC[C@H]4c4ncccc4C)cc23)ccc1CNC(=O)c1cccc(F)c1. The molecule has 270 valence electrons. The highest BCUT2D eigenvalue weighted by molar-refractivity contribution is 6.00. The monoisotopic (exact) mass is 710 g/mol. The number of hydrogen-bond donors (Lipinski definition) is 3. The maximum Gasteiger partial charge on any atom is 0.267 e. The lowest BCUT2D eigenvalue weighted by molar-refractivity contribution is 0.0740. The third-order valence-corrected chi connectivity index (χ3v) is 10.2. The number of rotatable bonds is 11. The van der Waals surface area contributed by atoms with E-state index >= 15 is 0 Å². The molecule has 11 heteroatoms. The highest BCUT2D eigenvalue weighted by Crippen LogP contribution is 2.42. The van der Waals surface area contributed by atoms with E-state index in [-0.39, 0.29) is 29.5 Å². The molecule has 0 spiro atoms. The first kappa shape index (κ1) is 35.6. The third kappa shape index (κ3) is 7.85. The van der Waals surface area contributed by atoms with E-state index < -0.39 is 5.82 Å². The van der Waals surface area contributed by atoms with Crippen molar-refractivity contribution in [3.05, 3.63) is 142 Å². The number of halogens is 1. The van der Waals surface area contributed by atoms with E-state index in [9.17, 15) is 14.0 Å². The molecule has 2 aromatic carbocycles. The fraction of sp³-hybridized carbons (Fsp3) is 0.286. The molecule has 1 fully saturated rings. The van der Waals surface area contributed by atoms with Crippen LogP contribution in [0.5, 0.6) is 0 Å². The van der Waals surface area contributed by atoms with Crippen molar-refractivity contribution in [3.8, 4) is 11.3 Å². The van der Waals surface area contributed by atoms with Crippen LogP contribution in [0, 0.1) is 26.6 Å². The zero-order valence-electron chi connectivity index (χ0n) is 30.2. The summed E-state index contributed by atoms with van der Waals surface area (Å²) in [6.07, 6.45) is 9.15. The summed E-state index contributed by atoms with van der Waals surface area (Å²) in [6.45, 7) is 7.80. The lowest BCUT2D eigenvalue weighted by atomic mass is 9.88. The standard InChI is InChI=1S/C42H43FN8O2/c1-26-9-6-17-44-37(26)35-13-5-14-36(38-27(2)10-7-18-45-38)51(35)20-8-19-46-42(53)34-23-33-39(48-25-49-40(33)50-34)29-15-16-31(28(3)21-29)24-47-41(52)30-11-4-12-32(43)22-30/h4,6-7,9-12,15-18,21-23,25,35-36H,5,8,13-14,19-20,24H2,1-3H3,(H,46,53)(H,47,52)(H,48,49,50)/t35-,36+. The van der Waals surface area contributed by atoms with Crippen molar-refractivity contribution in [2.45, 2.75) is 65.1 Å². The number of nitrogens with zero attached hydrogens (tertiary/aromatic N) is 5. The molecule has 1 aliphatic heterocycles. The molecule has 6 aromatic rings. The smallest absolute Gasteiger partial charge is 0.267 e. The molecule has 2 amide bonds. The number of nitrogens with one attached hydrogen (secondary N) is 3. The number of aromatic amines is 1. The van der Waals surface area contributed by atoms with Crippen molar-refractivity contribution >= 4 is 22.8 Å². The number of amides is 2. The molecular formula is C42H43FN8O2. The summed E-state index contributed by atoms with van der Waals surface area (Å²) >= 11 is 0. The van der Waals surface area contributed by atoms with Crippen LogP contribution in [0.25, 0.3) is 22.3 Å². The average Bonchev–Trinajstić information content (AvgIpc) is 3.61. The van der Waals surface area contributed by atoms with Crippen molar-refractivity contribution in [1.82, 2.24) is 40.5 Å². The molecule has 53 heavy (non-hydrogen) atoms. The summed E-state index contributed by atoms with van der Waals surface area (Å²) < 4.78 is 13.6. The van der Waals surface area contributed by atoms with Gasteiger partial charge in [-0.25, -0.2) is 14.4 Å². The second kappa shape index (κ2) is 15.8. The highest BCUT2D eigenvalue weighted by Gasteiger charge is 2.35. The zero-order valence-corrected chi connectivity index (χ0v) is 30.2. The van der Waals surface area contributed by atoms with Crippen molar-refractivity contribution in [3.63, 3.8) is 0 Å². The normalized spacial score (nSPS) is 16.1. The Kier molecular flexibility index (Phi) is 10.6. The summed E-state index contributed by atoms with van der Waals surface area (Å²) in [5.41, 5.74) is 9.29. The average molecular weight is 711 g/mol. The van der Waals surface area contributed by atoms with E-state index in [0.717, 1.165) is 65.7 Å². The second-order valence-corrected chi connectivity index (χ2v) is 13.7. The second-order valence-electron chi connectivity index (χ2n) is 13.7. The molecule has 0 saturated carbocycles. The number of hydrogen-bond acceptors (Lipinski definition) is 7. The van der Waals surface area contributed by atoms with Gasteiger partial charge in [0.2, 0.25) is 0 Å². The van der Waals surface area contributed by atoms with Crippen LogP contribution in [0.2, 0.25) is 0 Å². The minimum absolute atomic E-state index is 0.175. The van der Waals surface area contributed by atoms with Crippen LogP contribution in [0.4, 0.5) is 4.39 Å². The molecule has 0 aliphatic carbocycles. The van der Waals surface area contributed by atoms with E-state index in [2.05, 4.69) is 56.5 Å². The lowest BCUT2D eigenvalue weighted by Crippen LogP contribution is -2.39. The van der Waals surface area contributed by atoms with Crippen LogP contribution in [-0.4, -0.2) is 54.7 Å². The van der Waals surface area contributed by atoms with Gasteiger partial charge in [-0.15, -0.1) is 0 Å². The van der Waals surface area contributed by atoms with E-state index in [1.54, 1.807) is 12.1 Å². The van der Waals surface area contributed by atoms with Gasteiger partial charge in [-0.1, -0.05) is 30.3 Å². The number of piperidine rings is 1. The largest absolute Gasteiger partial charge is 0.351 e. The van der Waals surface area contributed by atoms with E-state index in [1.165, 1.54) is 35.7 Å². The van der Waals surface area contributed by atoms with Crippen molar-refractivity contribution in [2.24, 2.45) is 0 Å². The van der Waals surface area contributed by atoms with Gasteiger partial charge in [0.15, 0.2) is 0 Å². The minimum Gasteiger partial charge on any atom is -0.351 e. The third-order valence-electron chi connectivity index (χ3n) is 10.2. The maximum atomic E-state index is 13.6. The minimum atomic E-state index is -0.455. The molecular weight excluding hydrogens is 668 g/mol. The molecule has 3 N–H and O–H groups in total. The van der Waals surface area contributed by atoms with Gasteiger partial charge in [-0.2, -0.15) is 0 Å². The Hall–Kier alpha value is -5.81. The van der Waals surface area contributed by atoms with Crippen molar-refractivity contribution in [1.29, 1.82) is 0 Å². The fourth-order valence-electron chi connectivity index (χ4n) is 7.45. The Morgan fingerprint density at radius 3 is 2.23 bits per heavy atom. The van der Waals surface area contributed by atoms with Gasteiger partial charge >= 0.3 is 0 Å². The van der Waals surface area contributed by atoms with Gasteiger partial charge in [-0.3, -0.25) is 24.5 Å². The van der Waals surface area contributed by atoms with Gasteiger partial charge < -0.3 is 15.6 Å². The van der Waals surface area contributed by atoms with Crippen LogP contribution >= 0.6 is 0 Å². The molecule has 0 bridgehead atoms. The van der Waals surface area contributed by atoms with Crippen LogP contribution in [0.3, 0.4) is 0 Å². The topological polar surface area (TPSA) is 129 Å². The van der Waals surface area contributed by atoms with Crippen LogP contribution in [0.1, 0.15) is 92.3 Å². The van der Waals surface area contributed by atoms with E-state index in [4.69, 9.17) is 9.97 Å². The molecule has 7 rings (SSSR count). The molecule has 5 heterocycles. The summed E-state index contributed by atoms with van der Waals surface area (Å²) in [5.74, 6) is -1.01. The first-order valence-electron chi connectivity index (χ1n) is 18.1. The first-order chi connectivity index (χ1) is 25.8. The van der Waals surface area contributed by atoms with Crippen LogP contribution in [0.15, 0.2) is 91.5 Å². The lowest BCUT2D eigenvalue weighted by Gasteiger charge is -2.42. The van der Waals surface area contributed by atoms with Gasteiger partial charge in [0.25, 0.3) is 11.8 Å². The molecule has 0 radical (unpaired) electrons. The van der Waals surface area contributed by atoms with Crippen LogP contribution < -0.4 is 10.6 Å². The number of aryl methyl sites for hydroxylation is 3. The quantitative estimate of drug-likeness (QED) is 0.119. The molecule has 1 aliphatic rings. The number of pyridine rings is 2. The van der Waals surface area contributed by atoms with Gasteiger partial charge in [0.1, 0.15) is 23.5 Å². The number of fused-ring (bicyclic) bond motifs is 1. The maximum absolute atomic E-state index is 13.6.